The lowest BCUT2D eigenvalue weighted by molar-refractivity contribution is -0.121. The van der Waals surface area contributed by atoms with Crippen LogP contribution in [0.25, 0.3) is 0 Å². The first-order valence-corrected chi connectivity index (χ1v) is 7.16. The molecule has 0 saturated heterocycles. The molecule has 21 heavy (non-hydrogen) atoms. The van der Waals surface area contributed by atoms with Crippen LogP contribution in [0.15, 0.2) is 29.6 Å². The zero-order valence-corrected chi connectivity index (χ0v) is 12.2. The Morgan fingerprint density at radius 3 is 2.86 bits per heavy atom. The Balaban J connectivity index is 1.96. The molecule has 110 valence electrons. The second-order valence-corrected chi connectivity index (χ2v) is 5.48. The van der Waals surface area contributed by atoms with Gasteiger partial charge in [-0.05, 0) is 24.6 Å². The number of carboxylic acid groups (broad SMARTS) is 1. The molecule has 1 heterocycles. The molecule has 7 heteroatoms. The van der Waals surface area contributed by atoms with Gasteiger partial charge in [-0.1, -0.05) is 12.1 Å². The van der Waals surface area contributed by atoms with Crippen LogP contribution in [-0.2, 0) is 11.2 Å². The molecule has 1 aromatic heterocycles. The van der Waals surface area contributed by atoms with Crippen LogP contribution in [0.4, 0.5) is 5.69 Å². The second kappa shape index (κ2) is 6.36. The Hall–Kier alpha value is -2.41. The summed E-state index contributed by atoms with van der Waals surface area (Å²) in [6.45, 7) is 1.77. The van der Waals surface area contributed by atoms with Gasteiger partial charge >= 0.3 is 5.97 Å². The van der Waals surface area contributed by atoms with Crippen LogP contribution in [0.3, 0.4) is 0 Å². The zero-order valence-electron chi connectivity index (χ0n) is 11.4. The van der Waals surface area contributed by atoms with Crippen molar-refractivity contribution in [1.82, 2.24) is 10.3 Å². The van der Waals surface area contributed by atoms with Crippen LogP contribution in [0.5, 0.6) is 0 Å². The van der Waals surface area contributed by atoms with Crippen molar-refractivity contribution >= 4 is 28.9 Å². The number of carbonyl (C=O) groups is 2. The number of rotatable bonds is 5. The van der Waals surface area contributed by atoms with Crippen molar-refractivity contribution in [2.45, 2.75) is 19.4 Å². The fourth-order valence-electron chi connectivity index (χ4n) is 1.83. The minimum Gasteiger partial charge on any atom is -0.476 e. The Morgan fingerprint density at radius 1 is 1.48 bits per heavy atom. The Labute approximate surface area is 125 Å². The molecule has 0 bridgehead atoms. The first kappa shape index (κ1) is 15.0. The SMILES string of the molecule is CC(NC(=O)Cc1cccc(N)c1)c1nc(C(=O)O)cs1. The Bertz CT molecular complexity index is 669. The molecule has 2 rings (SSSR count). The van der Waals surface area contributed by atoms with Gasteiger partial charge in [-0.25, -0.2) is 9.78 Å². The number of hydrogen-bond donors (Lipinski definition) is 3. The van der Waals surface area contributed by atoms with Gasteiger partial charge in [0.05, 0.1) is 12.5 Å². The van der Waals surface area contributed by atoms with Gasteiger partial charge in [0.25, 0.3) is 0 Å². The van der Waals surface area contributed by atoms with Crippen LogP contribution in [0.1, 0.15) is 34.0 Å². The quantitative estimate of drug-likeness (QED) is 0.731. The van der Waals surface area contributed by atoms with Crippen molar-refractivity contribution in [3.8, 4) is 0 Å². The molecule has 0 radical (unpaired) electrons. The van der Waals surface area contributed by atoms with E-state index >= 15 is 0 Å². The number of aromatic nitrogens is 1. The summed E-state index contributed by atoms with van der Waals surface area (Å²) in [6.07, 6.45) is 0.215. The van der Waals surface area contributed by atoms with Crippen molar-refractivity contribution in [3.05, 3.63) is 45.9 Å². The number of benzene rings is 1. The van der Waals surface area contributed by atoms with E-state index in [1.54, 1.807) is 25.1 Å². The zero-order chi connectivity index (χ0) is 15.4. The van der Waals surface area contributed by atoms with Crippen LogP contribution < -0.4 is 11.1 Å². The molecule has 0 spiro atoms. The van der Waals surface area contributed by atoms with Crippen LogP contribution in [0.2, 0.25) is 0 Å². The number of hydrogen-bond acceptors (Lipinski definition) is 5. The van der Waals surface area contributed by atoms with E-state index < -0.39 is 5.97 Å². The Kier molecular flexibility index (Phi) is 4.54. The predicted octanol–water partition coefficient (Wildman–Crippen LogP) is 1.84. The Morgan fingerprint density at radius 2 is 2.24 bits per heavy atom. The number of anilines is 1. The monoisotopic (exact) mass is 305 g/mol. The molecule has 1 atom stereocenters. The summed E-state index contributed by atoms with van der Waals surface area (Å²) in [4.78, 5) is 26.7. The van der Waals surface area contributed by atoms with Gasteiger partial charge < -0.3 is 16.2 Å². The molecule has 0 aliphatic heterocycles. The van der Waals surface area contributed by atoms with E-state index in [4.69, 9.17) is 10.8 Å². The molecule has 0 fully saturated rings. The van der Waals surface area contributed by atoms with E-state index in [-0.39, 0.29) is 24.1 Å². The number of carboxylic acids is 1. The van der Waals surface area contributed by atoms with Crippen molar-refractivity contribution in [3.63, 3.8) is 0 Å². The van der Waals surface area contributed by atoms with Gasteiger partial charge in [0.2, 0.25) is 5.91 Å². The topological polar surface area (TPSA) is 105 Å². The van der Waals surface area contributed by atoms with E-state index in [2.05, 4.69) is 10.3 Å². The van der Waals surface area contributed by atoms with Gasteiger partial charge in [0.1, 0.15) is 5.01 Å². The van der Waals surface area contributed by atoms with E-state index in [0.29, 0.717) is 10.7 Å². The number of nitrogens with zero attached hydrogens (tertiary/aromatic N) is 1. The lowest BCUT2D eigenvalue weighted by Crippen LogP contribution is -2.28. The van der Waals surface area contributed by atoms with E-state index in [1.165, 1.54) is 16.7 Å². The molecule has 1 amide bonds. The summed E-state index contributed by atoms with van der Waals surface area (Å²) < 4.78 is 0. The summed E-state index contributed by atoms with van der Waals surface area (Å²) in [5.41, 5.74) is 7.09. The first-order chi connectivity index (χ1) is 9.95. The highest BCUT2D eigenvalue weighted by atomic mass is 32.1. The third kappa shape index (κ3) is 4.03. The average molecular weight is 305 g/mol. The maximum atomic E-state index is 12.0. The van der Waals surface area contributed by atoms with Crippen molar-refractivity contribution < 1.29 is 14.7 Å². The van der Waals surface area contributed by atoms with E-state index in [0.717, 1.165) is 5.56 Å². The normalized spacial score (nSPS) is 11.9. The number of carbonyl (C=O) groups excluding carboxylic acids is 1. The highest BCUT2D eigenvalue weighted by Gasteiger charge is 2.16. The van der Waals surface area contributed by atoms with Crippen LogP contribution >= 0.6 is 11.3 Å². The fourth-order valence-corrected chi connectivity index (χ4v) is 2.63. The smallest absolute Gasteiger partial charge is 0.355 e. The van der Waals surface area contributed by atoms with Gasteiger partial charge in [0.15, 0.2) is 5.69 Å². The van der Waals surface area contributed by atoms with E-state index in [1.807, 2.05) is 6.07 Å². The lowest BCUT2D eigenvalue weighted by Gasteiger charge is -2.11. The molecule has 0 aliphatic carbocycles. The summed E-state index contributed by atoms with van der Waals surface area (Å²) in [5, 5.41) is 13.6. The maximum Gasteiger partial charge on any atom is 0.355 e. The van der Waals surface area contributed by atoms with Crippen molar-refractivity contribution in [2.75, 3.05) is 5.73 Å². The van der Waals surface area contributed by atoms with Gasteiger partial charge in [-0.3, -0.25) is 4.79 Å². The third-order valence-corrected chi connectivity index (χ3v) is 3.83. The van der Waals surface area contributed by atoms with E-state index in [9.17, 15) is 9.59 Å². The third-order valence-electron chi connectivity index (χ3n) is 2.80. The van der Waals surface area contributed by atoms with Crippen molar-refractivity contribution in [2.24, 2.45) is 0 Å². The summed E-state index contributed by atoms with van der Waals surface area (Å²) in [6, 6.07) is 6.79. The number of nitrogens with two attached hydrogens (primary N) is 1. The van der Waals surface area contributed by atoms with Crippen molar-refractivity contribution in [1.29, 1.82) is 0 Å². The number of nitrogens with one attached hydrogen (secondary N) is 1. The minimum atomic E-state index is -1.07. The number of amides is 1. The summed E-state index contributed by atoms with van der Waals surface area (Å²) >= 11 is 1.21. The average Bonchev–Trinajstić information content (AvgIpc) is 2.88. The molecular weight excluding hydrogens is 290 g/mol. The summed E-state index contributed by atoms with van der Waals surface area (Å²) in [5.74, 6) is -1.24. The molecule has 0 aliphatic rings. The van der Waals surface area contributed by atoms with Crippen LogP contribution in [-0.4, -0.2) is 22.0 Å². The van der Waals surface area contributed by atoms with Gasteiger partial charge in [-0.15, -0.1) is 11.3 Å². The minimum absolute atomic E-state index is 0.00747. The molecule has 1 unspecified atom stereocenters. The lowest BCUT2D eigenvalue weighted by atomic mass is 10.1. The fraction of sp³-hybridized carbons (Fsp3) is 0.214. The number of thiazole rings is 1. The van der Waals surface area contributed by atoms with Crippen LogP contribution in [0, 0.1) is 0 Å². The molecule has 1 aromatic carbocycles. The molecule has 0 saturated carbocycles. The predicted molar refractivity (Wildman–Crippen MR) is 80.2 cm³/mol. The number of aromatic carboxylic acids is 1. The first-order valence-electron chi connectivity index (χ1n) is 6.28. The molecule has 6 nitrogen and oxygen atoms in total. The maximum absolute atomic E-state index is 12.0. The molecule has 2 aromatic rings. The molecular formula is C14H15N3O3S. The summed E-state index contributed by atoms with van der Waals surface area (Å²) in [7, 11) is 0. The number of nitrogen functional groups attached to an aromatic ring is 1. The largest absolute Gasteiger partial charge is 0.476 e. The molecule has 4 N–H and O–H groups in total. The van der Waals surface area contributed by atoms with Gasteiger partial charge in [0, 0.05) is 11.1 Å². The highest BCUT2D eigenvalue weighted by molar-refractivity contribution is 7.09. The second-order valence-electron chi connectivity index (χ2n) is 4.59. The highest BCUT2D eigenvalue weighted by Crippen LogP contribution is 2.18. The van der Waals surface area contributed by atoms with Gasteiger partial charge in [-0.2, -0.15) is 0 Å². The standard InChI is InChI=1S/C14H15N3O3S/c1-8(13-17-11(7-21-13)14(19)20)16-12(18)6-9-3-2-4-10(15)5-9/h2-5,7-8H,6,15H2,1H3,(H,16,18)(H,19,20).